The average molecular weight is 378 g/mol. The molecule has 3 rings (SSSR count). The van der Waals surface area contributed by atoms with E-state index in [9.17, 15) is 15.3 Å². The van der Waals surface area contributed by atoms with E-state index in [0.29, 0.717) is 22.9 Å². The highest BCUT2D eigenvalue weighted by molar-refractivity contribution is 5.85. The third kappa shape index (κ3) is 3.61. The Morgan fingerprint density at radius 3 is 2.67 bits per heavy atom. The number of allylic oxidation sites excluding steroid dienone is 1. The van der Waals surface area contributed by atoms with Crippen molar-refractivity contribution in [1.29, 1.82) is 0 Å². The van der Waals surface area contributed by atoms with Crippen molar-refractivity contribution in [1.82, 2.24) is 19.5 Å². The summed E-state index contributed by atoms with van der Waals surface area (Å²) in [7, 11) is 1.66. The van der Waals surface area contributed by atoms with Gasteiger partial charge in [-0.15, -0.1) is 0 Å². The number of ether oxygens (including phenoxy) is 1. The molecule has 2 aromatic heterocycles. The molecule has 148 valence electrons. The van der Waals surface area contributed by atoms with Crippen LogP contribution in [0.4, 0.5) is 11.8 Å². The number of aliphatic hydroxyl groups excluding tert-OH is 3. The fraction of sp³-hybridized carbons (Fsp3) is 0.588. The molecule has 27 heavy (non-hydrogen) atoms. The smallest absolute Gasteiger partial charge is 0.207 e. The van der Waals surface area contributed by atoms with Gasteiger partial charge in [0, 0.05) is 7.05 Å². The average Bonchev–Trinajstić information content (AvgIpc) is 3.17. The highest BCUT2D eigenvalue weighted by Gasteiger charge is 2.45. The van der Waals surface area contributed by atoms with Gasteiger partial charge in [-0.05, 0) is 12.5 Å². The van der Waals surface area contributed by atoms with Crippen molar-refractivity contribution >= 4 is 29.0 Å². The van der Waals surface area contributed by atoms with E-state index in [1.54, 1.807) is 13.1 Å². The zero-order valence-corrected chi connectivity index (χ0v) is 15.4. The first kappa shape index (κ1) is 19.5. The lowest BCUT2D eigenvalue weighted by Crippen LogP contribution is -2.33. The first-order valence-electron chi connectivity index (χ1n) is 9.04. The van der Waals surface area contributed by atoms with Gasteiger partial charge in [-0.1, -0.05) is 25.8 Å². The third-order valence-corrected chi connectivity index (χ3v) is 4.57. The van der Waals surface area contributed by atoms with Crippen LogP contribution in [0.15, 0.2) is 6.08 Å². The van der Waals surface area contributed by atoms with Crippen LogP contribution in [0.1, 0.15) is 38.2 Å². The predicted molar refractivity (Wildman–Crippen MR) is 101 cm³/mol. The summed E-state index contributed by atoms with van der Waals surface area (Å²) in [6.07, 6.45) is 2.48. The molecule has 0 spiro atoms. The fourth-order valence-corrected chi connectivity index (χ4v) is 3.11. The highest BCUT2D eigenvalue weighted by atomic mass is 16.6. The lowest BCUT2D eigenvalue weighted by Gasteiger charge is -2.19. The number of hydrogen-bond donors (Lipinski definition) is 5. The van der Waals surface area contributed by atoms with Crippen LogP contribution in [0, 0.1) is 0 Å². The van der Waals surface area contributed by atoms with Crippen molar-refractivity contribution in [2.45, 2.75) is 50.7 Å². The molecule has 0 amide bonds. The Morgan fingerprint density at radius 2 is 2.04 bits per heavy atom. The number of imidazole rings is 1. The lowest BCUT2D eigenvalue weighted by molar-refractivity contribution is -0.0501. The Kier molecular flexibility index (Phi) is 5.90. The van der Waals surface area contributed by atoms with Crippen molar-refractivity contribution in [2.24, 2.45) is 0 Å². The van der Waals surface area contributed by atoms with E-state index in [2.05, 4.69) is 27.2 Å². The molecule has 10 heteroatoms. The molecule has 1 saturated heterocycles. The van der Waals surface area contributed by atoms with Crippen LogP contribution in [0.25, 0.3) is 17.2 Å². The van der Waals surface area contributed by atoms with Crippen molar-refractivity contribution in [3.05, 3.63) is 11.9 Å². The highest BCUT2D eigenvalue weighted by Crippen LogP contribution is 2.35. The summed E-state index contributed by atoms with van der Waals surface area (Å²) in [4.78, 5) is 13.1. The monoisotopic (exact) mass is 378 g/mol. The molecule has 2 unspecified atom stereocenters. The molecule has 1 aliphatic rings. The summed E-state index contributed by atoms with van der Waals surface area (Å²) in [6.45, 7) is 1.70. The van der Waals surface area contributed by atoms with Crippen molar-refractivity contribution in [3.8, 4) is 0 Å². The molecule has 3 heterocycles. The second kappa shape index (κ2) is 8.17. The van der Waals surface area contributed by atoms with Gasteiger partial charge in [-0.3, -0.25) is 4.57 Å². The fourth-order valence-electron chi connectivity index (χ4n) is 3.11. The first-order valence-corrected chi connectivity index (χ1v) is 9.04. The van der Waals surface area contributed by atoms with Gasteiger partial charge in [-0.25, -0.2) is 15.0 Å². The largest absolute Gasteiger partial charge is 0.394 e. The normalized spacial score (nSPS) is 25.7. The van der Waals surface area contributed by atoms with E-state index in [1.807, 2.05) is 6.08 Å². The third-order valence-electron chi connectivity index (χ3n) is 4.57. The Hall–Kier alpha value is -2.27. The number of nitrogens with zero attached hydrogens (tertiary/aromatic N) is 4. The Labute approximate surface area is 156 Å². The molecule has 0 radical (unpaired) electrons. The maximum absolute atomic E-state index is 10.4. The second-order valence-corrected chi connectivity index (χ2v) is 6.47. The molecule has 6 N–H and O–H groups in total. The maximum atomic E-state index is 10.4. The van der Waals surface area contributed by atoms with E-state index >= 15 is 0 Å². The number of unbranched alkanes of at least 4 members (excludes halogenated alkanes) is 2. The van der Waals surface area contributed by atoms with Gasteiger partial charge in [-0.2, -0.15) is 0 Å². The van der Waals surface area contributed by atoms with Crippen LogP contribution in [-0.2, 0) is 4.74 Å². The van der Waals surface area contributed by atoms with Gasteiger partial charge in [0.25, 0.3) is 0 Å². The minimum Gasteiger partial charge on any atom is -0.394 e. The van der Waals surface area contributed by atoms with E-state index in [-0.39, 0.29) is 5.82 Å². The molecule has 0 aliphatic carbocycles. The maximum Gasteiger partial charge on any atom is 0.207 e. The predicted octanol–water partition coefficient (Wildman–Crippen LogP) is 0.265. The molecular weight excluding hydrogens is 352 g/mol. The molecule has 10 nitrogen and oxygen atoms in total. The van der Waals surface area contributed by atoms with Gasteiger partial charge in [0.2, 0.25) is 5.95 Å². The van der Waals surface area contributed by atoms with E-state index in [0.717, 1.165) is 19.3 Å². The van der Waals surface area contributed by atoms with E-state index in [4.69, 9.17) is 10.5 Å². The van der Waals surface area contributed by atoms with Crippen LogP contribution in [0.2, 0.25) is 0 Å². The molecule has 0 aromatic carbocycles. The summed E-state index contributed by atoms with van der Waals surface area (Å²) >= 11 is 0. The number of anilines is 2. The van der Waals surface area contributed by atoms with Crippen LogP contribution in [0.3, 0.4) is 0 Å². The van der Waals surface area contributed by atoms with Crippen LogP contribution < -0.4 is 11.1 Å². The summed E-state index contributed by atoms with van der Waals surface area (Å²) in [5, 5.41) is 32.7. The van der Waals surface area contributed by atoms with Gasteiger partial charge in [0.1, 0.15) is 18.3 Å². The number of nitrogens with two attached hydrogens (primary N) is 1. The van der Waals surface area contributed by atoms with Crippen molar-refractivity contribution in [3.63, 3.8) is 0 Å². The van der Waals surface area contributed by atoms with Gasteiger partial charge >= 0.3 is 0 Å². The van der Waals surface area contributed by atoms with Crippen molar-refractivity contribution in [2.75, 3.05) is 24.7 Å². The first-order chi connectivity index (χ1) is 13.0. The number of fused-ring (bicyclic) bond motifs is 1. The molecule has 0 saturated carbocycles. The minimum atomic E-state index is -1.26. The number of nitrogens with one attached hydrogen (secondary N) is 1. The topological polar surface area (TPSA) is 152 Å². The Bertz CT molecular complexity index is 823. The zero-order chi connectivity index (χ0) is 19.6. The molecular formula is C17H26N6O4. The van der Waals surface area contributed by atoms with E-state index in [1.165, 1.54) is 4.57 Å². The molecule has 2 aromatic rings. The molecule has 4 atom stereocenters. The van der Waals surface area contributed by atoms with Crippen LogP contribution in [0.5, 0.6) is 0 Å². The number of hydrogen-bond acceptors (Lipinski definition) is 9. The summed E-state index contributed by atoms with van der Waals surface area (Å²) in [5.74, 6) is 0.983. The standard InChI is InChI=1S/C17H26N6O4/c1-3-4-5-6-7-10-20-14(18)11-15(21-10)23(17(19-2)22-11)16-13(26)12(25)9(8-24)27-16/h6-7,9,12-13,16,24-26H,3-5,8H2,1-2H3,(H,19,22)(H2,18,20,21)/b7-6+/t9-,12?,13?,16-/m1/s1. The van der Waals surface area contributed by atoms with Gasteiger partial charge in [0.15, 0.2) is 29.0 Å². The van der Waals surface area contributed by atoms with Gasteiger partial charge < -0.3 is 31.1 Å². The molecule has 1 fully saturated rings. The summed E-state index contributed by atoms with van der Waals surface area (Å²) < 4.78 is 7.16. The van der Waals surface area contributed by atoms with Crippen LogP contribution >= 0.6 is 0 Å². The molecule has 0 bridgehead atoms. The zero-order valence-electron chi connectivity index (χ0n) is 15.4. The number of nitrogen functional groups attached to an aromatic ring is 1. The van der Waals surface area contributed by atoms with Gasteiger partial charge in [0.05, 0.1) is 6.61 Å². The second-order valence-electron chi connectivity index (χ2n) is 6.47. The van der Waals surface area contributed by atoms with Crippen molar-refractivity contribution < 1.29 is 20.1 Å². The number of aromatic nitrogens is 4. The lowest BCUT2D eigenvalue weighted by atomic mass is 10.1. The summed E-state index contributed by atoms with van der Waals surface area (Å²) in [6, 6.07) is 0. The van der Waals surface area contributed by atoms with Crippen LogP contribution in [-0.4, -0.2) is 66.8 Å². The Morgan fingerprint density at radius 1 is 1.26 bits per heavy atom. The number of aliphatic hydroxyl groups is 3. The minimum absolute atomic E-state index is 0.206. The summed E-state index contributed by atoms with van der Waals surface area (Å²) in [5.41, 5.74) is 6.79. The number of rotatable bonds is 7. The SMILES string of the molecule is CCCC/C=C/c1nc(N)c2nc(NC)n([C@@H]3O[C@H](CO)C(O)C3O)c2n1. The quantitative estimate of drug-likeness (QED) is 0.427. The molecule has 1 aliphatic heterocycles. The Balaban J connectivity index is 2.05. The van der Waals surface area contributed by atoms with E-state index < -0.39 is 31.1 Å².